The Morgan fingerprint density at radius 1 is 1.45 bits per heavy atom. The molecule has 1 atom stereocenters. The average Bonchev–Trinajstić information content (AvgIpc) is 2.47. The summed E-state index contributed by atoms with van der Waals surface area (Å²) in [5, 5.41) is 5.55. The molecule has 0 unspecified atom stereocenters. The van der Waals surface area contributed by atoms with E-state index in [0.717, 1.165) is 0 Å². The summed E-state index contributed by atoms with van der Waals surface area (Å²) in [5.41, 5.74) is 1.31. The lowest BCUT2D eigenvalue weighted by atomic mass is 10.2. The molecule has 1 aromatic carbocycles. The Balaban J connectivity index is 2.51. The van der Waals surface area contributed by atoms with Crippen molar-refractivity contribution in [2.45, 2.75) is 19.4 Å². The molecular weight excluding hydrogens is 256 g/mol. The van der Waals surface area contributed by atoms with Gasteiger partial charge in [-0.1, -0.05) is 18.9 Å². The zero-order valence-corrected chi connectivity index (χ0v) is 11.6. The van der Waals surface area contributed by atoms with Crippen LogP contribution in [0.5, 0.6) is 0 Å². The van der Waals surface area contributed by atoms with E-state index in [4.69, 9.17) is 6.42 Å². The Morgan fingerprint density at radius 3 is 2.80 bits per heavy atom. The van der Waals surface area contributed by atoms with Crippen molar-refractivity contribution in [3.63, 3.8) is 0 Å². The fourth-order valence-electron chi connectivity index (χ4n) is 1.64. The molecule has 0 spiro atoms. The molecule has 0 saturated carbocycles. The molecule has 0 aromatic heterocycles. The lowest BCUT2D eigenvalue weighted by molar-refractivity contribution is -0.143. The first-order chi connectivity index (χ1) is 9.60. The molecule has 5 nitrogen and oxygen atoms in total. The van der Waals surface area contributed by atoms with Crippen LogP contribution in [-0.4, -0.2) is 31.6 Å². The van der Waals surface area contributed by atoms with Crippen molar-refractivity contribution in [2.75, 3.05) is 19.0 Å². The predicted molar refractivity (Wildman–Crippen MR) is 77.1 cm³/mol. The Morgan fingerprint density at radius 2 is 2.20 bits per heavy atom. The number of hydrogen-bond acceptors (Lipinski definition) is 4. The number of nitrogens with one attached hydrogen (secondary N) is 2. The molecule has 5 heteroatoms. The molecule has 0 aliphatic carbocycles. The minimum absolute atomic E-state index is 0.0217. The zero-order chi connectivity index (χ0) is 15.0. The number of amides is 1. The second-order valence-corrected chi connectivity index (χ2v) is 4.14. The van der Waals surface area contributed by atoms with E-state index in [9.17, 15) is 9.59 Å². The van der Waals surface area contributed by atoms with Gasteiger partial charge in [0.1, 0.15) is 6.04 Å². The van der Waals surface area contributed by atoms with Gasteiger partial charge in [0.15, 0.2) is 0 Å². The Kier molecular flexibility index (Phi) is 6.27. The first-order valence-electron chi connectivity index (χ1n) is 6.28. The molecule has 0 heterocycles. The third-order valence-electron chi connectivity index (χ3n) is 2.72. The fourth-order valence-corrected chi connectivity index (χ4v) is 1.64. The summed E-state index contributed by atoms with van der Waals surface area (Å²) in [6.07, 6.45) is 5.84. The van der Waals surface area contributed by atoms with Gasteiger partial charge in [0.2, 0.25) is 5.91 Å². The maximum Gasteiger partial charge on any atom is 0.322 e. The van der Waals surface area contributed by atoms with E-state index < -0.39 is 6.04 Å². The minimum Gasteiger partial charge on any atom is -0.468 e. The number of methoxy groups -OCH3 is 1. The van der Waals surface area contributed by atoms with Gasteiger partial charge in [-0.2, -0.15) is 0 Å². The molecule has 1 rings (SSSR count). The standard InChI is InChI=1S/C15H18N2O3/c1-4-11-7-6-8-12(9-11)17-14(18)10-16-13(5-2)15(19)20-3/h1,6-9,13,16H,5,10H2,2-3H3,(H,17,18)/t13-/m1/s1. The summed E-state index contributed by atoms with van der Waals surface area (Å²) in [6.45, 7) is 1.86. The van der Waals surface area contributed by atoms with Gasteiger partial charge in [0, 0.05) is 11.3 Å². The van der Waals surface area contributed by atoms with Crippen molar-refractivity contribution in [1.82, 2.24) is 5.32 Å². The van der Waals surface area contributed by atoms with Crippen molar-refractivity contribution in [2.24, 2.45) is 0 Å². The van der Waals surface area contributed by atoms with Crippen LogP contribution in [0.1, 0.15) is 18.9 Å². The van der Waals surface area contributed by atoms with Crippen molar-refractivity contribution in [3.8, 4) is 12.3 Å². The number of rotatable bonds is 6. The largest absolute Gasteiger partial charge is 0.468 e. The van der Waals surface area contributed by atoms with Crippen LogP contribution < -0.4 is 10.6 Å². The molecule has 0 aliphatic heterocycles. The van der Waals surface area contributed by atoms with Gasteiger partial charge in [-0.25, -0.2) is 0 Å². The summed E-state index contributed by atoms with van der Waals surface area (Å²) in [7, 11) is 1.32. The van der Waals surface area contributed by atoms with Crippen molar-refractivity contribution < 1.29 is 14.3 Å². The number of benzene rings is 1. The van der Waals surface area contributed by atoms with Crippen molar-refractivity contribution >= 4 is 17.6 Å². The molecule has 2 N–H and O–H groups in total. The van der Waals surface area contributed by atoms with Crippen LogP contribution >= 0.6 is 0 Å². The lowest BCUT2D eigenvalue weighted by Crippen LogP contribution is -2.41. The molecular formula is C15H18N2O3. The van der Waals surface area contributed by atoms with E-state index in [-0.39, 0.29) is 18.4 Å². The van der Waals surface area contributed by atoms with Crippen LogP contribution in [0.2, 0.25) is 0 Å². The van der Waals surface area contributed by atoms with Crippen molar-refractivity contribution in [1.29, 1.82) is 0 Å². The number of carbonyl (C=O) groups is 2. The van der Waals surface area contributed by atoms with E-state index in [1.807, 2.05) is 6.92 Å². The topological polar surface area (TPSA) is 67.4 Å². The number of esters is 1. The van der Waals surface area contributed by atoms with Gasteiger partial charge in [0.25, 0.3) is 0 Å². The number of hydrogen-bond donors (Lipinski definition) is 2. The SMILES string of the molecule is C#Cc1cccc(NC(=O)CN[C@H](CC)C(=O)OC)c1. The van der Waals surface area contributed by atoms with Gasteiger partial charge in [0.05, 0.1) is 13.7 Å². The van der Waals surface area contributed by atoms with E-state index in [1.54, 1.807) is 24.3 Å². The monoisotopic (exact) mass is 274 g/mol. The van der Waals surface area contributed by atoms with Gasteiger partial charge < -0.3 is 10.1 Å². The second kappa shape index (κ2) is 7.97. The van der Waals surface area contributed by atoms with E-state index in [0.29, 0.717) is 17.7 Å². The van der Waals surface area contributed by atoms with E-state index >= 15 is 0 Å². The van der Waals surface area contributed by atoms with Crippen LogP contribution in [0.25, 0.3) is 0 Å². The Labute approximate surface area is 118 Å². The molecule has 1 amide bonds. The Bertz CT molecular complexity index is 520. The van der Waals surface area contributed by atoms with Crippen LogP contribution in [0, 0.1) is 12.3 Å². The fraction of sp³-hybridized carbons (Fsp3) is 0.333. The third kappa shape index (κ3) is 4.75. The first-order valence-corrected chi connectivity index (χ1v) is 6.28. The van der Waals surface area contributed by atoms with Crippen LogP contribution in [0.3, 0.4) is 0 Å². The molecule has 0 fully saturated rings. The summed E-state index contributed by atoms with van der Waals surface area (Å²) in [6, 6.07) is 6.51. The number of ether oxygens (including phenoxy) is 1. The minimum atomic E-state index is -0.484. The first kappa shape index (κ1) is 15.7. The van der Waals surface area contributed by atoms with Gasteiger partial charge >= 0.3 is 5.97 Å². The van der Waals surface area contributed by atoms with E-state index in [1.165, 1.54) is 7.11 Å². The summed E-state index contributed by atoms with van der Waals surface area (Å²) in [5.74, 6) is 1.87. The number of carbonyl (C=O) groups excluding carboxylic acids is 2. The summed E-state index contributed by atoms with van der Waals surface area (Å²) in [4.78, 5) is 23.1. The quantitative estimate of drug-likeness (QED) is 0.603. The average molecular weight is 274 g/mol. The molecule has 1 aromatic rings. The van der Waals surface area contributed by atoms with Crippen LogP contribution in [0.15, 0.2) is 24.3 Å². The third-order valence-corrected chi connectivity index (χ3v) is 2.72. The molecule has 0 saturated heterocycles. The molecule has 0 bridgehead atoms. The lowest BCUT2D eigenvalue weighted by Gasteiger charge is -2.14. The van der Waals surface area contributed by atoms with E-state index in [2.05, 4.69) is 21.3 Å². The highest BCUT2D eigenvalue weighted by molar-refractivity contribution is 5.92. The highest BCUT2D eigenvalue weighted by atomic mass is 16.5. The molecule has 20 heavy (non-hydrogen) atoms. The van der Waals surface area contributed by atoms with Gasteiger partial charge in [-0.05, 0) is 24.6 Å². The number of terminal acetylenes is 1. The summed E-state index contributed by atoms with van der Waals surface area (Å²) < 4.78 is 4.63. The van der Waals surface area contributed by atoms with Crippen LogP contribution in [-0.2, 0) is 14.3 Å². The summed E-state index contributed by atoms with van der Waals surface area (Å²) >= 11 is 0. The molecule has 106 valence electrons. The smallest absolute Gasteiger partial charge is 0.322 e. The van der Waals surface area contributed by atoms with Gasteiger partial charge in [-0.15, -0.1) is 6.42 Å². The highest BCUT2D eigenvalue weighted by Crippen LogP contribution is 2.09. The Hall–Kier alpha value is -2.32. The molecule has 0 radical (unpaired) electrons. The maximum atomic E-state index is 11.8. The highest BCUT2D eigenvalue weighted by Gasteiger charge is 2.17. The second-order valence-electron chi connectivity index (χ2n) is 4.14. The molecule has 0 aliphatic rings. The normalized spacial score (nSPS) is 11.2. The maximum absolute atomic E-state index is 11.8. The zero-order valence-electron chi connectivity index (χ0n) is 11.6. The predicted octanol–water partition coefficient (Wildman–Crippen LogP) is 1.15. The van der Waals surface area contributed by atoms with Crippen LogP contribution in [0.4, 0.5) is 5.69 Å². The van der Waals surface area contributed by atoms with Gasteiger partial charge in [-0.3, -0.25) is 14.9 Å². The number of anilines is 1. The van der Waals surface area contributed by atoms with Crippen molar-refractivity contribution in [3.05, 3.63) is 29.8 Å².